The fourth-order valence-corrected chi connectivity index (χ4v) is 1.96. The summed E-state index contributed by atoms with van der Waals surface area (Å²) in [7, 11) is 1.63. The van der Waals surface area contributed by atoms with E-state index < -0.39 is 5.97 Å². The van der Waals surface area contributed by atoms with Crippen LogP contribution >= 0.6 is 0 Å². The van der Waals surface area contributed by atoms with E-state index >= 15 is 0 Å². The minimum atomic E-state index is -0.740. The van der Waals surface area contributed by atoms with Crippen molar-refractivity contribution in [3.63, 3.8) is 0 Å². The van der Waals surface area contributed by atoms with E-state index in [1.54, 1.807) is 7.11 Å². The summed E-state index contributed by atoms with van der Waals surface area (Å²) in [5.41, 5.74) is 0.967. The zero-order chi connectivity index (χ0) is 15.0. The molecule has 1 aromatic carbocycles. The van der Waals surface area contributed by atoms with Crippen LogP contribution in [-0.2, 0) is 4.79 Å². The van der Waals surface area contributed by atoms with E-state index in [1.807, 2.05) is 38.1 Å². The van der Waals surface area contributed by atoms with Gasteiger partial charge in [-0.1, -0.05) is 13.8 Å². The van der Waals surface area contributed by atoms with Crippen molar-refractivity contribution in [2.24, 2.45) is 11.8 Å². The Morgan fingerprint density at radius 1 is 1.30 bits per heavy atom. The van der Waals surface area contributed by atoms with Gasteiger partial charge in [-0.2, -0.15) is 0 Å². The molecule has 0 saturated heterocycles. The van der Waals surface area contributed by atoms with Crippen molar-refractivity contribution in [2.75, 3.05) is 25.6 Å². The molecule has 20 heavy (non-hydrogen) atoms. The molecule has 1 rings (SSSR count). The summed E-state index contributed by atoms with van der Waals surface area (Å²) in [5, 5.41) is 15.4. The van der Waals surface area contributed by atoms with Crippen LogP contribution in [0.15, 0.2) is 24.3 Å². The highest BCUT2D eigenvalue weighted by Crippen LogP contribution is 2.14. The maximum Gasteiger partial charge on any atom is 0.307 e. The molecule has 5 nitrogen and oxygen atoms in total. The number of benzene rings is 1. The van der Waals surface area contributed by atoms with Gasteiger partial charge in [-0.15, -0.1) is 0 Å². The molecule has 1 aromatic rings. The van der Waals surface area contributed by atoms with Crippen molar-refractivity contribution < 1.29 is 14.6 Å². The van der Waals surface area contributed by atoms with E-state index in [0.29, 0.717) is 25.6 Å². The summed E-state index contributed by atoms with van der Waals surface area (Å²) >= 11 is 0. The standard InChI is InChI=1S/C15H24N2O3/c1-11(2)8-12(15(18)19)9-16-10-17-13-4-6-14(20-3)7-5-13/h4-7,11-12,16-17H,8-10H2,1-3H3,(H,18,19). The average molecular weight is 280 g/mol. The molecule has 0 fully saturated rings. The van der Waals surface area contributed by atoms with E-state index in [2.05, 4.69) is 10.6 Å². The van der Waals surface area contributed by atoms with Gasteiger partial charge < -0.3 is 15.2 Å². The smallest absolute Gasteiger partial charge is 0.307 e. The monoisotopic (exact) mass is 280 g/mol. The number of aliphatic carboxylic acids is 1. The van der Waals surface area contributed by atoms with E-state index in [-0.39, 0.29) is 5.92 Å². The lowest BCUT2D eigenvalue weighted by molar-refractivity contribution is -0.142. The SMILES string of the molecule is COc1ccc(NCNCC(CC(C)C)C(=O)O)cc1. The summed E-state index contributed by atoms with van der Waals surface area (Å²) < 4.78 is 5.08. The first-order valence-electron chi connectivity index (χ1n) is 6.84. The molecule has 0 saturated carbocycles. The van der Waals surface area contributed by atoms with Crippen LogP contribution in [0, 0.1) is 11.8 Å². The number of methoxy groups -OCH3 is 1. The Hall–Kier alpha value is -1.75. The van der Waals surface area contributed by atoms with E-state index in [0.717, 1.165) is 11.4 Å². The number of anilines is 1. The molecule has 3 N–H and O–H groups in total. The average Bonchev–Trinajstić information content (AvgIpc) is 2.42. The van der Waals surface area contributed by atoms with Gasteiger partial charge in [0.15, 0.2) is 0 Å². The van der Waals surface area contributed by atoms with Crippen LogP contribution in [0.2, 0.25) is 0 Å². The number of hydrogen-bond acceptors (Lipinski definition) is 4. The van der Waals surface area contributed by atoms with Gasteiger partial charge in [0.2, 0.25) is 0 Å². The van der Waals surface area contributed by atoms with Crippen LogP contribution in [0.25, 0.3) is 0 Å². The molecule has 0 spiro atoms. The Labute approximate surface area is 120 Å². The third-order valence-corrected chi connectivity index (χ3v) is 3.00. The Bertz CT molecular complexity index is 404. The van der Waals surface area contributed by atoms with Crippen molar-refractivity contribution in [3.05, 3.63) is 24.3 Å². The molecule has 0 heterocycles. The zero-order valence-electron chi connectivity index (χ0n) is 12.3. The first kappa shape index (κ1) is 16.3. The van der Waals surface area contributed by atoms with Crippen molar-refractivity contribution in [1.29, 1.82) is 0 Å². The van der Waals surface area contributed by atoms with Crippen LogP contribution < -0.4 is 15.4 Å². The van der Waals surface area contributed by atoms with Crippen LogP contribution in [0.4, 0.5) is 5.69 Å². The van der Waals surface area contributed by atoms with Crippen LogP contribution in [0.3, 0.4) is 0 Å². The number of hydrogen-bond donors (Lipinski definition) is 3. The predicted molar refractivity (Wildman–Crippen MR) is 80.1 cm³/mol. The Morgan fingerprint density at radius 3 is 2.45 bits per heavy atom. The first-order chi connectivity index (χ1) is 9.52. The molecule has 1 atom stereocenters. The van der Waals surface area contributed by atoms with E-state index in [1.165, 1.54) is 0 Å². The summed E-state index contributed by atoms with van der Waals surface area (Å²) in [6, 6.07) is 7.59. The zero-order valence-corrected chi connectivity index (χ0v) is 12.3. The maximum atomic E-state index is 11.1. The molecule has 0 amide bonds. The largest absolute Gasteiger partial charge is 0.497 e. The van der Waals surface area contributed by atoms with Gasteiger partial charge in [-0.05, 0) is 36.6 Å². The number of nitrogens with one attached hydrogen (secondary N) is 2. The highest BCUT2D eigenvalue weighted by atomic mass is 16.5. The lowest BCUT2D eigenvalue weighted by atomic mass is 9.97. The summed E-state index contributed by atoms with van der Waals surface area (Å²) in [6.07, 6.45) is 0.685. The van der Waals surface area contributed by atoms with Gasteiger partial charge in [-0.25, -0.2) is 0 Å². The molecule has 0 radical (unpaired) electrons. The molecule has 0 aromatic heterocycles. The van der Waals surface area contributed by atoms with Gasteiger partial charge >= 0.3 is 5.97 Å². The van der Waals surface area contributed by atoms with Gasteiger partial charge in [0, 0.05) is 12.2 Å². The molecule has 0 bridgehead atoms. The molecule has 112 valence electrons. The summed E-state index contributed by atoms with van der Waals surface area (Å²) in [5.74, 6) is 0.113. The minimum Gasteiger partial charge on any atom is -0.497 e. The molecular formula is C15H24N2O3. The molecule has 5 heteroatoms. The summed E-state index contributed by atoms with van der Waals surface area (Å²) in [6.45, 7) is 5.07. The normalized spacial score (nSPS) is 12.2. The number of carboxylic acids is 1. The van der Waals surface area contributed by atoms with E-state index in [9.17, 15) is 4.79 Å². The number of rotatable bonds is 9. The third-order valence-electron chi connectivity index (χ3n) is 3.00. The quantitative estimate of drug-likeness (QED) is 0.478. The van der Waals surface area contributed by atoms with Gasteiger partial charge in [-0.3, -0.25) is 10.1 Å². The highest BCUT2D eigenvalue weighted by Gasteiger charge is 2.17. The minimum absolute atomic E-state index is 0.340. The van der Waals surface area contributed by atoms with Gasteiger partial charge in [0.05, 0.1) is 19.7 Å². The fourth-order valence-electron chi connectivity index (χ4n) is 1.96. The van der Waals surface area contributed by atoms with Gasteiger partial charge in [0.25, 0.3) is 0 Å². The van der Waals surface area contributed by atoms with Crippen LogP contribution in [-0.4, -0.2) is 31.4 Å². The third kappa shape index (κ3) is 5.93. The van der Waals surface area contributed by atoms with Crippen molar-refractivity contribution in [3.8, 4) is 5.75 Å². The summed E-state index contributed by atoms with van der Waals surface area (Å²) in [4.78, 5) is 11.1. The van der Waals surface area contributed by atoms with Crippen molar-refractivity contribution in [2.45, 2.75) is 20.3 Å². The van der Waals surface area contributed by atoms with Crippen LogP contribution in [0.1, 0.15) is 20.3 Å². The maximum absolute atomic E-state index is 11.1. The molecule has 1 unspecified atom stereocenters. The Morgan fingerprint density at radius 2 is 1.95 bits per heavy atom. The predicted octanol–water partition coefficient (Wildman–Crippen LogP) is 2.40. The Balaban J connectivity index is 2.30. The molecule has 0 aliphatic rings. The number of carbonyl (C=O) groups is 1. The second-order valence-corrected chi connectivity index (χ2v) is 5.20. The van der Waals surface area contributed by atoms with E-state index in [4.69, 9.17) is 9.84 Å². The van der Waals surface area contributed by atoms with Crippen LogP contribution in [0.5, 0.6) is 5.75 Å². The number of carboxylic acid groups (broad SMARTS) is 1. The second-order valence-electron chi connectivity index (χ2n) is 5.20. The molecule has 0 aliphatic heterocycles. The molecular weight excluding hydrogens is 256 g/mol. The number of ether oxygens (including phenoxy) is 1. The first-order valence-corrected chi connectivity index (χ1v) is 6.84. The Kier molecular flexibility index (Phi) is 6.87. The van der Waals surface area contributed by atoms with Gasteiger partial charge in [0.1, 0.15) is 5.75 Å². The lowest BCUT2D eigenvalue weighted by Crippen LogP contribution is -2.32. The van der Waals surface area contributed by atoms with Crippen molar-refractivity contribution >= 4 is 11.7 Å². The topological polar surface area (TPSA) is 70.6 Å². The lowest BCUT2D eigenvalue weighted by Gasteiger charge is -2.16. The highest BCUT2D eigenvalue weighted by molar-refractivity contribution is 5.70. The fraction of sp³-hybridized carbons (Fsp3) is 0.533. The molecule has 0 aliphatic carbocycles. The second kappa shape index (κ2) is 8.43. The van der Waals surface area contributed by atoms with Crippen molar-refractivity contribution in [1.82, 2.24) is 5.32 Å².